The number of hydrogen-bond acceptors (Lipinski definition) is 3. The minimum absolute atomic E-state index is 0.565. The highest BCUT2D eigenvalue weighted by molar-refractivity contribution is 5.85. The highest BCUT2D eigenvalue weighted by Crippen LogP contribution is 2.29. The van der Waals surface area contributed by atoms with Gasteiger partial charge in [-0.15, -0.1) is 0 Å². The van der Waals surface area contributed by atoms with Gasteiger partial charge in [0.05, 0.1) is 0 Å². The van der Waals surface area contributed by atoms with E-state index in [1.54, 1.807) is 12.4 Å². The molecule has 0 spiro atoms. The Labute approximate surface area is 111 Å². The lowest BCUT2D eigenvalue weighted by Crippen LogP contribution is -2.00. The number of fused-ring (bicyclic) bond motifs is 1. The maximum atomic E-state index is 10.5. The van der Waals surface area contributed by atoms with Crippen molar-refractivity contribution in [1.29, 1.82) is 0 Å². The quantitative estimate of drug-likeness (QED) is 0.777. The molecule has 1 aromatic carbocycles. The number of aliphatic hydroxyl groups excluding tert-OH is 1. The number of rotatable bonds is 3. The van der Waals surface area contributed by atoms with Gasteiger partial charge in [0.15, 0.2) is 0 Å². The molecule has 2 aromatic heterocycles. The molecule has 1 N–H and O–H groups in total. The van der Waals surface area contributed by atoms with E-state index in [1.807, 2.05) is 43.3 Å². The lowest BCUT2D eigenvalue weighted by molar-refractivity contribution is 0.188. The van der Waals surface area contributed by atoms with E-state index in [4.69, 9.17) is 4.42 Å². The predicted molar refractivity (Wildman–Crippen MR) is 73.9 cm³/mol. The molecule has 0 saturated heterocycles. The zero-order valence-corrected chi connectivity index (χ0v) is 10.7. The Morgan fingerprint density at radius 3 is 2.79 bits per heavy atom. The van der Waals surface area contributed by atoms with Gasteiger partial charge >= 0.3 is 0 Å². The third-order valence-corrected chi connectivity index (χ3v) is 3.29. The highest BCUT2D eigenvalue weighted by Gasteiger charge is 2.17. The molecule has 0 radical (unpaired) electrons. The van der Waals surface area contributed by atoms with Gasteiger partial charge in [-0.05, 0) is 17.5 Å². The fourth-order valence-corrected chi connectivity index (χ4v) is 2.24. The average molecular weight is 253 g/mol. The molecule has 3 aromatic rings. The first-order chi connectivity index (χ1) is 9.29. The van der Waals surface area contributed by atoms with Crippen molar-refractivity contribution in [2.75, 3.05) is 0 Å². The van der Waals surface area contributed by atoms with Crippen molar-refractivity contribution in [3.05, 3.63) is 65.9 Å². The van der Waals surface area contributed by atoms with Crippen LogP contribution in [-0.4, -0.2) is 10.1 Å². The summed E-state index contributed by atoms with van der Waals surface area (Å²) in [5, 5.41) is 12.5. The Kier molecular flexibility index (Phi) is 3.05. The summed E-state index contributed by atoms with van der Waals surface area (Å²) in [7, 11) is 0. The average Bonchev–Trinajstić information content (AvgIpc) is 2.95. The molecule has 0 bridgehead atoms. The van der Waals surface area contributed by atoms with Crippen LogP contribution in [-0.2, 0) is 6.42 Å². The maximum absolute atomic E-state index is 10.5. The van der Waals surface area contributed by atoms with Crippen LogP contribution in [0.5, 0.6) is 0 Å². The van der Waals surface area contributed by atoms with Crippen molar-refractivity contribution in [1.82, 2.24) is 4.98 Å². The highest BCUT2D eigenvalue weighted by atomic mass is 16.4. The van der Waals surface area contributed by atoms with Crippen molar-refractivity contribution in [2.24, 2.45) is 0 Å². The van der Waals surface area contributed by atoms with Crippen molar-refractivity contribution in [3.63, 3.8) is 0 Å². The van der Waals surface area contributed by atoms with Crippen LogP contribution < -0.4 is 0 Å². The molecule has 96 valence electrons. The van der Waals surface area contributed by atoms with E-state index in [2.05, 4.69) is 4.98 Å². The lowest BCUT2D eigenvalue weighted by atomic mass is 10.0. The summed E-state index contributed by atoms with van der Waals surface area (Å²) >= 11 is 0. The Hall–Kier alpha value is -2.13. The molecule has 0 fully saturated rings. The van der Waals surface area contributed by atoms with Gasteiger partial charge in [0.25, 0.3) is 0 Å². The second-order valence-corrected chi connectivity index (χ2v) is 4.51. The second kappa shape index (κ2) is 4.86. The molecular weight excluding hydrogens is 238 g/mol. The first-order valence-corrected chi connectivity index (χ1v) is 6.39. The molecule has 0 aliphatic rings. The van der Waals surface area contributed by atoms with E-state index in [0.29, 0.717) is 5.76 Å². The van der Waals surface area contributed by atoms with E-state index >= 15 is 0 Å². The monoisotopic (exact) mass is 253 g/mol. The third kappa shape index (κ3) is 2.13. The van der Waals surface area contributed by atoms with Crippen LogP contribution in [0.2, 0.25) is 0 Å². The molecule has 0 aliphatic heterocycles. The number of furan rings is 1. The van der Waals surface area contributed by atoms with Crippen molar-refractivity contribution < 1.29 is 9.52 Å². The smallest absolute Gasteiger partial charge is 0.139 e. The van der Waals surface area contributed by atoms with Crippen LogP contribution in [0.4, 0.5) is 0 Å². The fourth-order valence-electron chi connectivity index (χ4n) is 2.24. The van der Waals surface area contributed by atoms with Gasteiger partial charge in [-0.3, -0.25) is 4.98 Å². The van der Waals surface area contributed by atoms with E-state index in [0.717, 1.165) is 28.5 Å². The molecule has 0 saturated carbocycles. The van der Waals surface area contributed by atoms with Crippen LogP contribution in [0.25, 0.3) is 10.8 Å². The van der Waals surface area contributed by atoms with E-state index < -0.39 is 6.10 Å². The second-order valence-electron chi connectivity index (χ2n) is 4.51. The zero-order valence-electron chi connectivity index (χ0n) is 10.7. The molecule has 0 amide bonds. The SMILES string of the molecule is CCc1ccc(C(O)c2cncc3ccccc23)o1. The van der Waals surface area contributed by atoms with Gasteiger partial charge in [-0.2, -0.15) is 0 Å². The number of aromatic nitrogens is 1. The summed E-state index contributed by atoms with van der Waals surface area (Å²) in [6.45, 7) is 2.02. The summed E-state index contributed by atoms with van der Waals surface area (Å²) < 4.78 is 5.62. The normalized spacial score (nSPS) is 12.7. The van der Waals surface area contributed by atoms with Gasteiger partial charge in [0.2, 0.25) is 0 Å². The minimum Gasteiger partial charge on any atom is -0.463 e. The van der Waals surface area contributed by atoms with E-state index in [1.165, 1.54) is 0 Å². The van der Waals surface area contributed by atoms with Crippen molar-refractivity contribution in [2.45, 2.75) is 19.4 Å². The lowest BCUT2D eigenvalue weighted by Gasteiger charge is -2.11. The van der Waals surface area contributed by atoms with Crippen LogP contribution in [0, 0.1) is 0 Å². The Balaban J connectivity index is 2.08. The Morgan fingerprint density at radius 1 is 1.16 bits per heavy atom. The molecule has 1 atom stereocenters. The number of aryl methyl sites for hydroxylation is 1. The molecule has 2 heterocycles. The molecule has 0 aliphatic carbocycles. The first kappa shape index (κ1) is 11.9. The summed E-state index contributed by atoms with van der Waals surface area (Å²) in [6.07, 6.45) is 3.53. The number of benzene rings is 1. The number of hydrogen-bond donors (Lipinski definition) is 1. The van der Waals surface area contributed by atoms with Crippen LogP contribution in [0.15, 0.2) is 53.2 Å². The molecule has 1 unspecified atom stereocenters. The van der Waals surface area contributed by atoms with E-state index in [9.17, 15) is 5.11 Å². The summed E-state index contributed by atoms with van der Waals surface area (Å²) in [4.78, 5) is 4.18. The van der Waals surface area contributed by atoms with Crippen molar-refractivity contribution >= 4 is 10.8 Å². The zero-order chi connectivity index (χ0) is 13.2. The Bertz CT molecular complexity index is 697. The first-order valence-electron chi connectivity index (χ1n) is 6.39. The molecule has 3 heteroatoms. The summed E-state index contributed by atoms with van der Waals surface area (Å²) in [5.41, 5.74) is 0.773. The minimum atomic E-state index is -0.779. The van der Waals surface area contributed by atoms with Gasteiger partial charge in [-0.1, -0.05) is 31.2 Å². The Morgan fingerprint density at radius 2 is 2.00 bits per heavy atom. The molecule has 3 rings (SSSR count). The third-order valence-electron chi connectivity index (χ3n) is 3.29. The maximum Gasteiger partial charge on any atom is 0.139 e. The number of aliphatic hydroxyl groups is 1. The van der Waals surface area contributed by atoms with Crippen LogP contribution >= 0.6 is 0 Å². The topological polar surface area (TPSA) is 46.3 Å². The summed E-state index contributed by atoms with van der Waals surface area (Å²) in [5.74, 6) is 1.44. The van der Waals surface area contributed by atoms with Gasteiger partial charge < -0.3 is 9.52 Å². The predicted octanol–water partition coefficient (Wildman–Crippen LogP) is 3.47. The number of pyridine rings is 1. The molecule has 3 nitrogen and oxygen atoms in total. The fraction of sp³-hybridized carbons (Fsp3) is 0.188. The molecule has 19 heavy (non-hydrogen) atoms. The van der Waals surface area contributed by atoms with Crippen LogP contribution in [0.3, 0.4) is 0 Å². The van der Waals surface area contributed by atoms with Crippen molar-refractivity contribution in [3.8, 4) is 0 Å². The van der Waals surface area contributed by atoms with Gasteiger partial charge in [-0.25, -0.2) is 0 Å². The van der Waals surface area contributed by atoms with Gasteiger partial charge in [0.1, 0.15) is 17.6 Å². The standard InChI is InChI=1S/C16H15NO2/c1-2-12-7-8-15(19-12)16(18)14-10-17-9-11-5-3-4-6-13(11)14/h3-10,16,18H,2H2,1H3. The van der Waals surface area contributed by atoms with E-state index in [-0.39, 0.29) is 0 Å². The number of nitrogens with zero attached hydrogens (tertiary/aromatic N) is 1. The van der Waals surface area contributed by atoms with Gasteiger partial charge in [0, 0.05) is 29.8 Å². The summed E-state index contributed by atoms with van der Waals surface area (Å²) in [6, 6.07) is 11.6. The largest absolute Gasteiger partial charge is 0.463 e. The molecular formula is C16H15NO2. The van der Waals surface area contributed by atoms with Crippen LogP contribution in [0.1, 0.15) is 30.1 Å².